The molecular weight excluding hydrogens is 485 g/mol. The summed E-state index contributed by atoms with van der Waals surface area (Å²) >= 11 is 5.95. The van der Waals surface area contributed by atoms with Gasteiger partial charge in [0.15, 0.2) is 0 Å². The average Bonchev–Trinajstić information content (AvgIpc) is 3.64. The third-order valence-corrected chi connectivity index (χ3v) is 5.83. The Kier molecular flexibility index (Phi) is 6.39. The van der Waals surface area contributed by atoms with Crippen molar-refractivity contribution in [2.45, 2.75) is 6.61 Å². The van der Waals surface area contributed by atoms with E-state index in [1.54, 1.807) is 4.68 Å². The van der Waals surface area contributed by atoms with E-state index in [9.17, 15) is 0 Å². The number of benzene rings is 3. The summed E-state index contributed by atoms with van der Waals surface area (Å²) in [6, 6.07) is 21.4. The van der Waals surface area contributed by atoms with Crippen LogP contribution in [-0.2, 0) is 6.61 Å². The predicted molar refractivity (Wildman–Crippen MR) is 139 cm³/mol. The molecule has 0 amide bonds. The molecule has 176 valence electrons. The summed E-state index contributed by atoms with van der Waals surface area (Å²) in [5, 5.41) is 12.3. The molecule has 3 heterocycles. The lowest BCUT2D eigenvalue weighted by molar-refractivity contribution is 0.301. The largest absolute Gasteiger partial charge is 0.487 e. The summed E-state index contributed by atoms with van der Waals surface area (Å²) < 4.78 is 7.59. The van der Waals surface area contributed by atoms with Crippen LogP contribution in [0.3, 0.4) is 0 Å². The molecule has 1 aliphatic rings. The van der Waals surface area contributed by atoms with Gasteiger partial charge >= 0.3 is 0 Å². The van der Waals surface area contributed by atoms with E-state index < -0.39 is 0 Å². The van der Waals surface area contributed by atoms with Crippen LogP contribution in [-0.4, -0.2) is 43.9 Å². The minimum absolute atomic E-state index is 0. The van der Waals surface area contributed by atoms with Gasteiger partial charge in [-0.3, -0.25) is 4.99 Å². The van der Waals surface area contributed by atoms with E-state index in [1.807, 2.05) is 66.9 Å². The third kappa shape index (κ3) is 4.84. The zero-order chi connectivity index (χ0) is 22.9. The monoisotopic (exact) mass is 505 g/mol. The van der Waals surface area contributed by atoms with Crippen molar-refractivity contribution in [1.29, 1.82) is 0 Å². The van der Waals surface area contributed by atoms with Crippen LogP contribution < -0.4 is 10.1 Å². The number of imidazole rings is 1. The first-order valence-corrected chi connectivity index (χ1v) is 11.3. The van der Waals surface area contributed by atoms with Crippen LogP contribution in [0, 0.1) is 0 Å². The second-order valence-corrected chi connectivity index (χ2v) is 8.35. The Labute approximate surface area is 212 Å². The van der Waals surface area contributed by atoms with Crippen LogP contribution >= 0.6 is 24.0 Å². The number of nitrogens with zero attached hydrogens (tertiary/aromatic N) is 5. The highest BCUT2D eigenvalue weighted by Crippen LogP contribution is 2.24. The highest BCUT2D eigenvalue weighted by molar-refractivity contribution is 6.30. The molecule has 0 atom stereocenters. The van der Waals surface area contributed by atoms with E-state index in [2.05, 4.69) is 31.7 Å². The van der Waals surface area contributed by atoms with E-state index in [4.69, 9.17) is 21.3 Å². The summed E-state index contributed by atoms with van der Waals surface area (Å²) in [6.07, 6.45) is 1.84. The Morgan fingerprint density at radius 1 is 0.971 bits per heavy atom. The lowest BCUT2D eigenvalue weighted by Gasteiger charge is -2.04. The number of fused-ring (bicyclic) bond motifs is 1. The molecule has 2 aromatic heterocycles. The molecule has 0 bridgehead atoms. The van der Waals surface area contributed by atoms with E-state index >= 15 is 0 Å². The minimum Gasteiger partial charge on any atom is -0.487 e. The van der Waals surface area contributed by atoms with Gasteiger partial charge < -0.3 is 15.0 Å². The molecular formula is C25H21Cl2N7O. The maximum absolute atomic E-state index is 5.95. The summed E-state index contributed by atoms with van der Waals surface area (Å²) in [6.45, 7) is 2.02. The summed E-state index contributed by atoms with van der Waals surface area (Å²) in [7, 11) is 0. The zero-order valence-corrected chi connectivity index (χ0v) is 20.1. The number of nitrogens with one attached hydrogen (secondary N) is 2. The van der Waals surface area contributed by atoms with E-state index in [0.29, 0.717) is 11.6 Å². The number of aromatic amines is 1. The van der Waals surface area contributed by atoms with Crippen LogP contribution in [0.4, 0.5) is 0 Å². The minimum atomic E-state index is 0. The van der Waals surface area contributed by atoms with Crippen LogP contribution in [0.15, 0.2) is 77.9 Å². The summed E-state index contributed by atoms with van der Waals surface area (Å²) in [5.74, 6) is 2.49. The highest BCUT2D eigenvalue weighted by Gasteiger charge is 2.11. The van der Waals surface area contributed by atoms with Crippen molar-refractivity contribution in [2.75, 3.05) is 13.1 Å². The van der Waals surface area contributed by atoms with Gasteiger partial charge in [0.25, 0.3) is 0 Å². The normalized spacial score (nSPS) is 12.8. The van der Waals surface area contributed by atoms with Crippen LogP contribution in [0.1, 0.15) is 11.3 Å². The molecule has 0 spiro atoms. The molecule has 0 fully saturated rings. The third-order valence-electron chi connectivity index (χ3n) is 5.58. The van der Waals surface area contributed by atoms with Gasteiger partial charge in [-0.05, 0) is 66.7 Å². The topological polar surface area (TPSA) is 93.0 Å². The van der Waals surface area contributed by atoms with E-state index in [1.165, 1.54) is 0 Å². The van der Waals surface area contributed by atoms with E-state index in [-0.39, 0.29) is 12.4 Å². The van der Waals surface area contributed by atoms with Gasteiger partial charge in [0.1, 0.15) is 29.7 Å². The number of H-pyrrole nitrogens is 1. The molecule has 10 heteroatoms. The van der Waals surface area contributed by atoms with Crippen molar-refractivity contribution in [3.05, 3.63) is 89.2 Å². The first kappa shape index (κ1) is 22.9. The van der Waals surface area contributed by atoms with Gasteiger partial charge in [0, 0.05) is 22.7 Å². The van der Waals surface area contributed by atoms with Crippen molar-refractivity contribution in [3.8, 4) is 22.8 Å². The van der Waals surface area contributed by atoms with Crippen molar-refractivity contribution >= 4 is 40.9 Å². The molecule has 2 N–H and O–H groups in total. The second-order valence-electron chi connectivity index (χ2n) is 7.92. The van der Waals surface area contributed by atoms with Crippen molar-refractivity contribution in [3.63, 3.8) is 0 Å². The molecule has 0 saturated heterocycles. The van der Waals surface area contributed by atoms with Gasteiger partial charge in [-0.2, -0.15) is 0 Å². The molecule has 0 saturated carbocycles. The molecule has 0 radical (unpaired) electrons. The number of aromatic nitrogens is 5. The average molecular weight is 506 g/mol. The van der Waals surface area contributed by atoms with Crippen LogP contribution in [0.2, 0.25) is 5.02 Å². The Morgan fingerprint density at radius 2 is 1.77 bits per heavy atom. The molecule has 5 aromatic rings. The SMILES string of the molecule is Cl.Clc1ccc(-n2cc(COc3ccc(-c4nc5ccc(C6=NCCN6)cc5[nH]4)cc3)nn2)cc1. The number of hydrogen-bond donors (Lipinski definition) is 2. The van der Waals surface area contributed by atoms with Crippen molar-refractivity contribution in [2.24, 2.45) is 4.99 Å². The molecule has 6 rings (SSSR count). The Balaban J connectivity index is 0.00000253. The molecule has 8 nitrogen and oxygen atoms in total. The number of halogens is 2. The number of hydrogen-bond acceptors (Lipinski definition) is 6. The molecule has 35 heavy (non-hydrogen) atoms. The number of rotatable bonds is 6. The number of ether oxygens (including phenoxy) is 1. The highest BCUT2D eigenvalue weighted by atomic mass is 35.5. The second kappa shape index (κ2) is 9.77. The van der Waals surface area contributed by atoms with Gasteiger partial charge in [0.2, 0.25) is 0 Å². The Morgan fingerprint density at radius 3 is 2.54 bits per heavy atom. The van der Waals surface area contributed by atoms with Crippen LogP contribution in [0.5, 0.6) is 5.75 Å². The van der Waals surface area contributed by atoms with Crippen molar-refractivity contribution < 1.29 is 4.74 Å². The van der Waals surface area contributed by atoms with Gasteiger partial charge in [-0.15, -0.1) is 17.5 Å². The first-order chi connectivity index (χ1) is 16.7. The van der Waals surface area contributed by atoms with E-state index in [0.717, 1.165) is 64.0 Å². The Hall–Kier alpha value is -3.88. The fourth-order valence-corrected chi connectivity index (χ4v) is 3.96. The number of aliphatic imine (C=N–C) groups is 1. The van der Waals surface area contributed by atoms with Crippen LogP contribution in [0.25, 0.3) is 28.1 Å². The smallest absolute Gasteiger partial charge is 0.138 e. The lowest BCUT2D eigenvalue weighted by Crippen LogP contribution is -2.19. The zero-order valence-electron chi connectivity index (χ0n) is 18.5. The quantitative estimate of drug-likeness (QED) is 0.345. The van der Waals surface area contributed by atoms with Gasteiger partial charge in [0.05, 0.1) is 29.5 Å². The maximum Gasteiger partial charge on any atom is 0.138 e. The summed E-state index contributed by atoms with van der Waals surface area (Å²) in [5.41, 5.74) is 5.56. The summed E-state index contributed by atoms with van der Waals surface area (Å²) in [4.78, 5) is 12.6. The van der Waals surface area contributed by atoms with Crippen molar-refractivity contribution in [1.82, 2.24) is 30.3 Å². The lowest BCUT2D eigenvalue weighted by atomic mass is 10.2. The fourth-order valence-electron chi connectivity index (χ4n) is 3.84. The molecule has 1 aliphatic heterocycles. The molecule has 0 aliphatic carbocycles. The maximum atomic E-state index is 5.95. The first-order valence-electron chi connectivity index (χ1n) is 10.9. The molecule has 0 unspecified atom stereocenters. The van der Waals surface area contributed by atoms with Gasteiger partial charge in [-0.1, -0.05) is 16.8 Å². The molecule has 3 aromatic carbocycles. The van der Waals surface area contributed by atoms with Gasteiger partial charge in [-0.25, -0.2) is 9.67 Å². The predicted octanol–water partition coefficient (Wildman–Crippen LogP) is 4.81. The Bertz CT molecular complexity index is 1490. The number of amidine groups is 1. The fraction of sp³-hybridized carbons (Fsp3) is 0.120. The standard InChI is InChI=1S/C25H20ClN7O.ClH/c26-18-4-6-20(7-5-18)33-14-19(31-32-33)15-34-21-8-1-16(2-9-21)25-29-22-10-3-17(13-23(22)30-25)24-27-11-12-28-24;/h1-10,13-14H,11-12,15H2,(H,27,28)(H,29,30);1H.